The molecule has 1 aliphatic rings. The van der Waals surface area contributed by atoms with Gasteiger partial charge in [0.05, 0.1) is 11.7 Å². The number of alkyl halides is 2. The van der Waals surface area contributed by atoms with E-state index in [2.05, 4.69) is 20.7 Å². The number of halogens is 2. The Morgan fingerprint density at radius 1 is 1.18 bits per heavy atom. The second-order valence-corrected chi connectivity index (χ2v) is 5.41. The lowest BCUT2D eigenvalue weighted by Gasteiger charge is -2.24. The van der Waals surface area contributed by atoms with Crippen LogP contribution in [0.2, 0.25) is 0 Å². The molecule has 3 rings (SSSR count). The number of aromatic nitrogens is 1. The maximum Gasteiger partial charge on any atom is 0.387 e. The number of likely N-dealkylation sites (tertiary alicyclic amines) is 1. The zero-order valence-electron chi connectivity index (χ0n) is 12.2. The maximum atomic E-state index is 12.2. The molecule has 3 nitrogen and oxygen atoms in total. The van der Waals surface area contributed by atoms with Gasteiger partial charge in [-0.05, 0) is 49.2 Å². The van der Waals surface area contributed by atoms with Crippen molar-refractivity contribution in [3.05, 3.63) is 59.9 Å². The van der Waals surface area contributed by atoms with E-state index in [0.717, 1.165) is 37.2 Å². The van der Waals surface area contributed by atoms with Gasteiger partial charge < -0.3 is 4.74 Å². The average molecular weight is 304 g/mol. The third-order valence-corrected chi connectivity index (χ3v) is 3.93. The molecule has 0 saturated carbocycles. The highest BCUT2D eigenvalue weighted by atomic mass is 19.3. The van der Waals surface area contributed by atoms with E-state index in [4.69, 9.17) is 0 Å². The average Bonchev–Trinajstić information content (AvgIpc) is 2.98. The van der Waals surface area contributed by atoms with Crippen LogP contribution in [0.15, 0.2) is 48.7 Å². The molecule has 2 heterocycles. The molecule has 0 amide bonds. The van der Waals surface area contributed by atoms with Gasteiger partial charge in [-0.3, -0.25) is 9.88 Å². The van der Waals surface area contributed by atoms with Crippen LogP contribution >= 0.6 is 0 Å². The summed E-state index contributed by atoms with van der Waals surface area (Å²) in [7, 11) is 0. The summed E-state index contributed by atoms with van der Waals surface area (Å²) in [6.07, 6.45) is 4.07. The Labute approximate surface area is 128 Å². The smallest absolute Gasteiger partial charge is 0.387 e. The van der Waals surface area contributed by atoms with Crippen molar-refractivity contribution < 1.29 is 13.5 Å². The van der Waals surface area contributed by atoms with Crippen LogP contribution in [0, 0.1) is 0 Å². The highest BCUT2D eigenvalue weighted by Crippen LogP contribution is 2.32. The molecule has 1 atom stereocenters. The zero-order chi connectivity index (χ0) is 15.4. The van der Waals surface area contributed by atoms with Crippen molar-refractivity contribution in [1.82, 2.24) is 9.88 Å². The summed E-state index contributed by atoms with van der Waals surface area (Å²) in [5.41, 5.74) is 2.18. The summed E-state index contributed by atoms with van der Waals surface area (Å²) in [5.74, 6) is 0.196. The summed E-state index contributed by atoms with van der Waals surface area (Å²) in [4.78, 5) is 6.83. The third-order valence-electron chi connectivity index (χ3n) is 3.93. The number of benzene rings is 1. The van der Waals surface area contributed by atoms with Crippen molar-refractivity contribution in [1.29, 1.82) is 0 Å². The second-order valence-electron chi connectivity index (χ2n) is 5.41. The molecular weight excluding hydrogens is 286 g/mol. The predicted molar refractivity (Wildman–Crippen MR) is 79.7 cm³/mol. The molecule has 0 bridgehead atoms. The van der Waals surface area contributed by atoms with E-state index in [1.54, 1.807) is 12.1 Å². The highest BCUT2D eigenvalue weighted by molar-refractivity contribution is 5.27. The number of pyridine rings is 1. The molecule has 22 heavy (non-hydrogen) atoms. The van der Waals surface area contributed by atoms with E-state index in [0.29, 0.717) is 6.04 Å². The lowest BCUT2D eigenvalue weighted by Crippen LogP contribution is -2.23. The van der Waals surface area contributed by atoms with Gasteiger partial charge >= 0.3 is 6.61 Å². The minimum absolute atomic E-state index is 0.196. The van der Waals surface area contributed by atoms with Gasteiger partial charge in [0, 0.05) is 12.7 Å². The molecule has 1 aromatic heterocycles. The monoisotopic (exact) mass is 304 g/mol. The van der Waals surface area contributed by atoms with Gasteiger partial charge in [-0.1, -0.05) is 18.2 Å². The Morgan fingerprint density at radius 3 is 2.68 bits per heavy atom. The van der Waals surface area contributed by atoms with E-state index in [9.17, 15) is 8.78 Å². The first-order valence-corrected chi connectivity index (χ1v) is 7.41. The van der Waals surface area contributed by atoms with Gasteiger partial charge in [-0.25, -0.2) is 0 Å². The van der Waals surface area contributed by atoms with Crippen LogP contribution in [0.5, 0.6) is 5.75 Å². The Bertz CT molecular complexity index is 589. The van der Waals surface area contributed by atoms with Gasteiger partial charge in [0.1, 0.15) is 5.75 Å². The SMILES string of the molecule is FC(F)Oc1ccc(CN2CCC[C@H]2c2ccccn2)cc1. The normalized spacial score (nSPS) is 18.8. The number of ether oxygens (including phenoxy) is 1. The summed E-state index contributed by atoms with van der Waals surface area (Å²) in [5, 5.41) is 0. The third kappa shape index (κ3) is 3.60. The van der Waals surface area contributed by atoms with Crippen LogP contribution in [0.1, 0.15) is 30.1 Å². The molecule has 0 N–H and O–H groups in total. The van der Waals surface area contributed by atoms with E-state index in [1.807, 2.05) is 30.5 Å². The van der Waals surface area contributed by atoms with Gasteiger partial charge in [0.25, 0.3) is 0 Å². The van der Waals surface area contributed by atoms with Crippen LogP contribution in [-0.2, 0) is 6.54 Å². The van der Waals surface area contributed by atoms with E-state index < -0.39 is 6.61 Å². The molecule has 116 valence electrons. The van der Waals surface area contributed by atoms with Crippen molar-refractivity contribution in [3.8, 4) is 5.75 Å². The van der Waals surface area contributed by atoms with Gasteiger partial charge in [-0.2, -0.15) is 8.78 Å². The minimum Gasteiger partial charge on any atom is -0.435 e. The van der Waals surface area contributed by atoms with Gasteiger partial charge in [0.15, 0.2) is 0 Å². The molecule has 0 unspecified atom stereocenters. The van der Waals surface area contributed by atoms with Crippen LogP contribution in [-0.4, -0.2) is 23.0 Å². The largest absolute Gasteiger partial charge is 0.435 e. The fraction of sp³-hybridized carbons (Fsp3) is 0.353. The summed E-state index contributed by atoms with van der Waals surface area (Å²) >= 11 is 0. The summed E-state index contributed by atoms with van der Waals surface area (Å²) in [6.45, 7) is -0.967. The molecule has 0 radical (unpaired) electrons. The number of hydrogen-bond donors (Lipinski definition) is 0. The highest BCUT2D eigenvalue weighted by Gasteiger charge is 2.26. The topological polar surface area (TPSA) is 25.4 Å². The Morgan fingerprint density at radius 2 is 2.00 bits per heavy atom. The molecule has 0 aliphatic carbocycles. The molecule has 5 heteroatoms. The lowest BCUT2D eigenvalue weighted by atomic mass is 10.1. The van der Waals surface area contributed by atoms with Crippen molar-refractivity contribution in [3.63, 3.8) is 0 Å². The molecule has 1 fully saturated rings. The number of hydrogen-bond acceptors (Lipinski definition) is 3. The summed E-state index contributed by atoms with van der Waals surface area (Å²) in [6, 6.07) is 13.2. The standard InChI is InChI=1S/C17H18F2N2O/c18-17(19)22-14-8-6-13(7-9-14)12-21-11-3-5-16(21)15-4-1-2-10-20-15/h1-2,4,6-10,16-17H,3,5,11-12H2/t16-/m0/s1. The lowest BCUT2D eigenvalue weighted by molar-refractivity contribution is -0.0498. The Kier molecular flexibility index (Phi) is 4.63. The fourth-order valence-electron chi connectivity index (χ4n) is 2.93. The van der Waals surface area contributed by atoms with Gasteiger partial charge in [-0.15, -0.1) is 0 Å². The first-order valence-electron chi connectivity index (χ1n) is 7.41. The molecule has 1 saturated heterocycles. The summed E-state index contributed by atoms with van der Waals surface area (Å²) < 4.78 is 28.7. The molecular formula is C17H18F2N2O. The van der Waals surface area contributed by atoms with E-state index >= 15 is 0 Å². The predicted octanol–water partition coefficient (Wildman–Crippen LogP) is 4.02. The van der Waals surface area contributed by atoms with Gasteiger partial charge in [0.2, 0.25) is 0 Å². The Balaban J connectivity index is 1.67. The van der Waals surface area contributed by atoms with Crippen molar-refractivity contribution in [2.24, 2.45) is 0 Å². The van der Waals surface area contributed by atoms with Crippen LogP contribution in [0.4, 0.5) is 8.78 Å². The van der Waals surface area contributed by atoms with E-state index in [1.165, 1.54) is 0 Å². The first-order chi connectivity index (χ1) is 10.7. The molecule has 0 spiro atoms. The first kappa shape index (κ1) is 14.9. The van der Waals surface area contributed by atoms with Crippen LogP contribution in [0.25, 0.3) is 0 Å². The van der Waals surface area contributed by atoms with Crippen molar-refractivity contribution >= 4 is 0 Å². The minimum atomic E-state index is -2.78. The van der Waals surface area contributed by atoms with E-state index in [-0.39, 0.29) is 5.75 Å². The van der Waals surface area contributed by atoms with Crippen molar-refractivity contribution in [2.75, 3.05) is 6.54 Å². The van der Waals surface area contributed by atoms with Crippen LogP contribution < -0.4 is 4.74 Å². The maximum absolute atomic E-state index is 12.2. The molecule has 1 aliphatic heterocycles. The fourth-order valence-corrected chi connectivity index (χ4v) is 2.93. The van der Waals surface area contributed by atoms with Crippen LogP contribution in [0.3, 0.4) is 0 Å². The number of nitrogens with zero attached hydrogens (tertiary/aromatic N) is 2. The second kappa shape index (κ2) is 6.83. The van der Waals surface area contributed by atoms with Crippen molar-refractivity contribution in [2.45, 2.75) is 32.0 Å². The Hall–Kier alpha value is -2.01. The molecule has 2 aromatic rings. The zero-order valence-corrected chi connectivity index (χ0v) is 12.2. The number of rotatable bonds is 5. The quantitative estimate of drug-likeness (QED) is 0.834. The molecule has 1 aromatic carbocycles.